The van der Waals surface area contributed by atoms with E-state index < -0.39 is 0 Å². The number of rotatable bonds is 6. The Kier molecular flexibility index (Phi) is 4.94. The number of halogens is 1. The Morgan fingerprint density at radius 1 is 1.56 bits per heavy atom. The van der Waals surface area contributed by atoms with Gasteiger partial charge < -0.3 is 4.57 Å². The lowest BCUT2D eigenvalue weighted by atomic mass is 10.1. The quantitative estimate of drug-likeness (QED) is 0.633. The lowest BCUT2D eigenvalue weighted by Crippen LogP contribution is -2.29. The molecule has 0 aliphatic carbocycles. The Morgan fingerprint density at radius 2 is 2.39 bits per heavy atom. The summed E-state index contributed by atoms with van der Waals surface area (Å²) >= 11 is 5.17. The summed E-state index contributed by atoms with van der Waals surface area (Å²) in [6, 6.07) is 4.24. The first-order chi connectivity index (χ1) is 8.74. The molecule has 0 radical (unpaired) electrons. The molecule has 0 aliphatic rings. The van der Waals surface area contributed by atoms with E-state index in [0.717, 1.165) is 29.0 Å². The highest BCUT2D eigenvalue weighted by molar-refractivity contribution is 9.11. The molecule has 3 N–H and O–H groups in total. The van der Waals surface area contributed by atoms with Crippen LogP contribution in [0.1, 0.15) is 30.1 Å². The minimum absolute atomic E-state index is 0.110. The van der Waals surface area contributed by atoms with Gasteiger partial charge in [-0.3, -0.25) is 11.3 Å². The predicted octanol–water partition coefficient (Wildman–Crippen LogP) is 2.86. The number of hydrogen-bond acceptors (Lipinski definition) is 4. The number of aromatic nitrogens is 2. The third-order valence-corrected chi connectivity index (χ3v) is 4.53. The maximum absolute atomic E-state index is 5.66. The van der Waals surface area contributed by atoms with Gasteiger partial charge in [0.1, 0.15) is 5.82 Å². The SMILES string of the molecule is CCCn1ccnc1CC(NN)c1ccc(Br)s1. The van der Waals surface area contributed by atoms with Crippen LogP contribution in [0, 0.1) is 0 Å². The summed E-state index contributed by atoms with van der Waals surface area (Å²) < 4.78 is 3.31. The van der Waals surface area contributed by atoms with E-state index in [9.17, 15) is 0 Å². The average molecular weight is 329 g/mol. The number of nitrogens with zero attached hydrogens (tertiary/aromatic N) is 2. The molecule has 4 nitrogen and oxygen atoms in total. The van der Waals surface area contributed by atoms with Gasteiger partial charge in [-0.25, -0.2) is 4.98 Å². The zero-order valence-corrected chi connectivity index (χ0v) is 12.7. The molecule has 0 aliphatic heterocycles. The van der Waals surface area contributed by atoms with Crippen molar-refractivity contribution in [3.05, 3.63) is 39.0 Å². The van der Waals surface area contributed by atoms with E-state index in [2.05, 4.69) is 43.9 Å². The van der Waals surface area contributed by atoms with E-state index in [0.29, 0.717) is 0 Å². The van der Waals surface area contributed by atoms with Gasteiger partial charge >= 0.3 is 0 Å². The molecule has 0 saturated carbocycles. The molecule has 1 unspecified atom stereocenters. The van der Waals surface area contributed by atoms with E-state index in [1.54, 1.807) is 11.3 Å². The summed E-state index contributed by atoms with van der Waals surface area (Å²) in [7, 11) is 0. The summed E-state index contributed by atoms with van der Waals surface area (Å²) in [6.07, 6.45) is 5.78. The molecule has 2 rings (SSSR count). The number of thiophene rings is 1. The Balaban J connectivity index is 2.12. The lowest BCUT2D eigenvalue weighted by molar-refractivity contribution is 0.523. The maximum atomic E-state index is 5.66. The molecule has 0 bridgehead atoms. The predicted molar refractivity (Wildman–Crippen MR) is 78.3 cm³/mol. The fourth-order valence-corrected chi connectivity index (χ4v) is 3.40. The molecule has 6 heteroatoms. The van der Waals surface area contributed by atoms with Crippen LogP contribution in [-0.4, -0.2) is 9.55 Å². The molecular weight excluding hydrogens is 312 g/mol. The van der Waals surface area contributed by atoms with E-state index in [1.165, 1.54) is 4.88 Å². The number of hydrazine groups is 1. The van der Waals surface area contributed by atoms with Gasteiger partial charge in [0.2, 0.25) is 0 Å². The van der Waals surface area contributed by atoms with Crippen molar-refractivity contribution in [2.45, 2.75) is 32.4 Å². The lowest BCUT2D eigenvalue weighted by Gasteiger charge is -2.15. The van der Waals surface area contributed by atoms with Gasteiger partial charge in [0.05, 0.1) is 9.83 Å². The molecule has 0 spiro atoms. The van der Waals surface area contributed by atoms with Crippen molar-refractivity contribution < 1.29 is 0 Å². The van der Waals surface area contributed by atoms with E-state index in [-0.39, 0.29) is 6.04 Å². The summed E-state index contributed by atoms with van der Waals surface area (Å²) in [5.41, 5.74) is 2.88. The van der Waals surface area contributed by atoms with Crippen LogP contribution >= 0.6 is 27.3 Å². The molecule has 0 fully saturated rings. The second-order valence-corrected chi connectivity index (χ2v) is 6.60. The average Bonchev–Trinajstić information content (AvgIpc) is 2.96. The minimum Gasteiger partial charge on any atom is -0.335 e. The van der Waals surface area contributed by atoms with Crippen LogP contribution in [0.25, 0.3) is 0 Å². The molecule has 0 aromatic carbocycles. The zero-order valence-electron chi connectivity index (χ0n) is 10.3. The van der Waals surface area contributed by atoms with Crippen LogP contribution in [0.4, 0.5) is 0 Å². The standard InChI is InChI=1S/C12H17BrN4S/c1-2-6-17-7-5-15-12(17)8-9(16-14)10-3-4-11(13)18-10/h3-5,7,9,16H,2,6,8,14H2,1H3. The Hall–Kier alpha value is -0.690. The fraction of sp³-hybridized carbons (Fsp3) is 0.417. The van der Waals surface area contributed by atoms with Crippen molar-refractivity contribution in [1.29, 1.82) is 0 Å². The summed E-state index contributed by atoms with van der Waals surface area (Å²) in [5, 5.41) is 0. The highest BCUT2D eigenvalue weighted by Crippen LogP contribution is 2.28. The largest absolute Gasteiger partial charge is 0.335 e. The van der Waals surface area contributed by atoms with Crippen LogP contribution in [-0.2, 0) is 13.0 Å². The molecule has 98 valence electrons. The first kappa shape index (κ1) is 13.7. The van der Waals surface area contributed by atoms with Crippen molar-refractivity contribution >= 4 is 27.3 Å². The van der Waals surface area contributed by atoms with Gasteiger partial charge in [0.15, 0.2) is 0 Å². The number of imidazole rings is 1. The van der Waals surface area contributed by atoms with Gasteiger partial charge in [0.25, 0.3) is 0 Å². The van der Waals surface area contributed by atoms with E-state index >= 15 is 0 Å². The monoisotopic (exact) mass is 328 g/mol. The van der Waals surface area contributed by atoms with Crippen LogP contribution in [0.3, 0.4) is 0 Å². The second-order valence-electron chi connectivity index (χ2n) is 4.10. The summed E-state index contributed by atoms with van der Waals surface area (Å²) in [4.78, 5) is 5.63. The van der Waals surface area contributed by atoms with Crippen molar-refractivity contribution in [2.75, 3.05) is 0 Å². The molecular formula is C12H17BrN4S. The molecule has 2 heterocycles. The van der Waals surface area contributed by atoms with Crippen molar-refractivity contribution in [1.82, 2.24) is 15.0 Å². The van der Waals surface area contributed by atoms with Crippen molar-refractivity contribution in [3.63, 3.8) is 0 Å². The van der Waals surface area contributed by atoms with Gasteiger partial charge in [0, 0.05) is 30.2 Å². The number of aryl methyl sites for hydroxylation is 1. The van der Waals surface area contributed by atoms with Crippen molar-refractivity contribution in [2.24, 2.45) is 5.84 Å². The van der Waals surface area contributed by atoms with Gasteiger partial charge in [-0.1, -0.05) is 6.92 Å². The molecule has 0 amide bonds. The van der Waals surface area contributed by atoms with E-state index in [4.69, 9.17) is 5.84 Å². The summed E-state index contributed by atoms with van der Waals surface area (Å²) in [6.45, 7) is 3.17. The molecule has 0 saturated heterocycles. The third kappa shape index (κ3) is 3.20. The van der Waals surface area contributed by atoms with Gasteiger partial charge in [-0.2, -0.15) is 0 Å². The van der Waals surface area contributed by atoms with Crippen LogP contribution in [0.2, 0.25) is 0 Å². The summed E-state index contributed by atoms with van der Waals surface area (Å²) in [5.74, 6) is 6.73. The van der Waals surface area contributed by atoms with Crippen LogP contribution in [0.15, 0.2) is 28.3 Å². The number of hydrogen-bond donors (Lipinski definition) is 2. The first-order valence-corrected chi connectivity index (χ1v) is 7.57. The smallest absolute Gasteiger partial charge is 0.110 e. The highest BCUT2D eigenvalue weighted by Gasteiger charge is 2.15. The normalized spacial score (nSPS) is 12.8. The van der Waals surface area contributed by atoms with E-state index in [1.807, 2.05) is 18.5 Å². The Labute approximate surface area is 119 Å². The maximum Gasteiger partial charge on any atom is 0.110 e. The first-order valence-electron chi connectivity index (χ1n) is 5.96. The fourth-order valence-electron chi connectivity index (χ4n) is 1.91. The minimum atomic E-state index is 0.110. The van der Waals surface area contributed by atoms with Crippen LogP contribution < -0.4 is 11.3 Å². The topological polar surface area (TPSA) is 55.9 Å². The zero-order chi connectivity index (χ0) is 13.0. The Bertz CT molecular complexity index is 494. The van der Waals surface area contributed by atoms with Gasteiger partial charge in [-0.05, 0) is 34.5 Å². The number of nitrogens with two attached hydrogens (primary N) is 1. The molecule has 2 aromatic heterocycles. The van der Waals surface area contributed by atoms with Crippen molar-refractivity contribution in [3.8, 4) is 0 Å². The second kappa shape index (κ2) is 6.47. The van der Waals surface area contributed by atoms with Gasteiger partial charge in [-0.15, -0.1) is 11.3 Å². The molecule has 18 heavy (non-hydrogen) atoms. The molecule has 2 aromatic rings. The number of nitrogens with one attached hydrogen (secondary N) is 1. The Morgan fingerprint density at radius 3 is 3.00 bits per heavy atom. The third-order valence-electron chi connectivity index (χ3n) is 2.79. The molecule has 1 atom stereocenters. The highest BCUT2D eigenvalue weighted by atomic mass is 79.9. The van der Waals surface area contributed by atoms with Crippen LogP contribution in [0.5, 0.6) is 0 Å².